The lowest BCUT2D eigenvalue weighted by molar-refractivity contribution is -0.114. The molecule has 5 heteroatoms. The molecule has 0 spiro atoms. The second-order valence-electron chi connectivity index (χ2n) is 7.06. The van der Waals surface area contributed by atoms with E-state index in [1.54, 1.807) is 6.92 Å². The van der Waals surface area contributed by atoms with E-state index in [2.05, 4.69) is 29.1 Å². The van der Waals surface area contributed by atoms with Gasteiger partial charge in [0.25, 0.3) is 0 Å². The summed E-state index contributed by atoms with van der Waals surface area (Å²) in [5, 5.41) is 2.69. The second kappa shape index (κ2) is 5.18. The molecular weight excluding hydrogens is 293 g/mol. The molecule has 4 nitrogen and oxygen atoms in total. The van der Waals surface area contributed by atoms with Crippen LogP contribution < -0.4 is 5.32 Å². The fraction of sp³-hybridized carbons (Fsp3) is 0.444. The number of nitrogens with one attached hydrogen (secondary N) is 2. The van der Waals surface area contributed by atoms with Gasteiger partial charge in [0.1, 0.15) is 5.82 Å². The molecule has 0 unspecified atom stereocenters. The highest BCUT2D eigenvalue weighted by Gasteiger charge is 2.60. The second-order valence-corrected chi connectivity index (χ2v) is 7.06. The molecule has 1 aliphatic carbocycles. The molecule has 0 radical (unpaired) electrons. The first-order valence-corrected chi connectivity index (χ1v) is 7.82. The maximum Gasteiger partial charge on any atom is 0.223 e. The number of carbonyl (C=O) groups excluding carboxylic acids is 1. The maximum atomic E-state index is 13.5. The first-order valence-electron chi connectivity index (χ1n) is 7.82. The molecule has 122 valence electrons. The Balaban J connectivity index is 1.93. The van der Waals surface area contributed by atoms with Crippen molar-refractivity contribution in [2.45, 2.75) is 46.5 Å². The van der Waals surface area contributed by atoms with Crippen LogP contribution in [0.5, 0.6) is 0 Å². The number of benzene rings is 1. The van der Waals surface area contributed by atoms with E-state index in [4.69, 9.17) is 0 Å². The van der Waals surface area contributed by atoms with Gasteiger partial charge in [-0.2, -0.15) is 0 Å². The van der Waals surface area contributed by atoms with Crippen LogP contribution in [-0.2, 0) is 4.79 Å². The summed E-state index contributed by atoms with van der Waals surface area (Å²) in [6.45, 7) is 9.62. The monoisotopic (exact) mass is 315 g/mol. The van der Waals surface area contributed by atoms with Crippen LogP contribution in [0.15, 0.2) is 18.2 Å². The molecule has 2 aromatic rings. The number of aromatic nitrogens is 2. The smallest absolute Gasteiger partial charge is 0.223 e. The van der Waals surface area contributed by atoms with Crippen molar-refractivity contribution in [2.24, 2.45) is 5.41 Å². The number of carbonyl (C=O) groups is 1. The summed E-state index contributed by atoms with van der Waals surface area (Å²) in [4.78, 5) is 18.9. The molecular formula is C18H22FN3O. The molecule has 2 N–H and O–H groups in total. The van der Waals surface area contributed by atoms with Gasteiger partial charge in [0.05, 0.1) is 5.69 Å². The van der Waals surface area contributed by atoms with Crippen molar-refractivity contribution in [1.82, 2.24) is 9.97 Å². The lowest BCUT2D eigenvalue weighted by Gasteiger charge is -2.04. The molecule has 1 aliphatic rings. The van der Waals surface area contributed by atoms with Crippen molar-refractivity contribution >= 4 is 11.9 Å². The summed E-state index contributed by atoms with van der Waals surface area (Å²) < 4.78 is 13.5. The first kappa shape index (κ1) is 15.7. The van der Waals surface area contributed by atoms with E-state index < -0.39 is 0 Å². The standard InChI is InChI=1S/C18H22FN3O/c1-9-8-12(6-7-13(9)19)14-15(18(14,4)5)16-10(2)20-17(22-16)21-11(3)23/h6-8,14-15H,1-5H3,(H2,20,21,22,23)/t14-,15+/m1/s1. The van der Waals surface area contributed by atoms with Crippen molar-refractivity contribution in [3.8, 4) is 0 Å². The zero-order valence-electron chi connectivity index (χ0n) is 14.1. The number of halogens is 1. The molecule has 1 aromatic heterocycles. The van der Waals surface area contributed by atoms with E-state index in [0.717, 1.165) is 17.0 Å². The van der Waals surface area contributed by atoms with E-state index in [0.29, 0.717) is 17.4 Å². The van der Waals surface area contributed by atoms with Crippen molar-refractivity contribution in [3.63, 3.8) is 0 Å². The highest BCUT2D eigenvalue weighted by atomic mass is 19.1. The Morgan fingerprint density at radius 1 is 1.30 bits per heavy atom. The lowest BCUT2D eigenvalue weighted by Crippen LogP contribution is -2.07. The minimum Gasteiger partial charge on any atom is -0.328 e. The van der Waals surface area contributed by atoms with Crippen LogP contribution in [0.2, 0.25) is 0 Å². The molecule has 0 saturated heterocycles. The number of imidazole rings is 1. The van der Waals surface area contributed by atoms with Gasteiger partial charge in [0.2, 0.25) is 11.9 Å². The summed E-state index contributed by atoms with van der Waals surface area (Å²) >= 11 is 0. The van der Waals surface area contributed by atoms with E-state index in [-0.39, 0.29) is 23.1 Å². The number of rotatable bonds is 3. The highest BCUT2D eigenvalue weighted by molar-refractivity contribution is 5.86. The predicted molar refractivity (Wildman–Crippen MR) is 88.0 cm³/mol. The van der Waals surface area contributed by atoms with Crippen molar-refractivity contribution in [1.29, 1.82) is 0 Å². The summed E-state index contributed by atoms with van der Waals surface area (Å²) in [6.07, 6.45) is 0. The Morgan fingerprint density at radius 3 is 2.61 bits per heavy atom. The van der Waals surface area contributed by atoms with Gasteiger partial charge < -0.3 is 4.98 Å². The van der Waals surface area contributed by atoms with Crippen molar-refractivity contribution < 1.29 is 9.18 Å². The fourth-order valence-corrected chi connectivity index (χ4v) is 3.63. The van der Waals surface area contributed by atoms with E-state index in [9.17, 15) is 9.18 Å². The maximum absolute atomic E-state index is 13.5. The van der Waals surface area contributed by atoms with Gasteiger partial charge in [-0.3, -0.25) is 10.1 Å². The van der Waals surface area contributed by atoms with Crippen LogP contribution in [0.3, 0.4) is 0 Å². The van der Waals surface area contributed by atoms with Crippen molar-refractivity contribution in [3.05, 3.63) is 46.5 Å². The summed E-state index contributed by atoms with van der Waals surface area (Å²) in [5.74, 6) is 0.723. The van der Waals surface area contributed by atoms with Gasteiger partial charge >= 0.3 is 0 Å². The fourth-order valence-electron chi connectivity index (χ4n) is 3.63. The molecule has 1 aromatic carbocycles. The molecule has 0 bridgehead atoms. The highest BCUT2D eigenvalue weighted by Crippen LogP contribution is 2.70. The Morgan fingerprint density at radius 2 is 2.00 bits per heavy atom. The topological polar surface area (TPSA) is 57.8 Å². The van der Waals surface area contributed by atoms with Gasteiger partial charge in [0, 0.05) is 18.5 Å². The third kappa shape index (κ3) is 2.64. The van der Waals surface area contributed by atoms with Crippen molar-refractivity contribution in [2.75, 3.05) is 5.32 Å². The number of nitrogens with zero attached hydrogens (tertiary/aromatic N) is 1. The third-order valence-corrected chi connectivity index (χ3v) is 4.88. The van der Waals surface area contributed by atoms with Crippen LogP contribution >= 0.6 is 0 Å². The average molecular weight is 315 g/mol. The van der Waals surface area contributed by atoms with Gasteiger partial charge in [0.15, 0.2) is 0 Å². The Labute approximate surface area is 135 Å². The number of H-pyrrole nitrogens is 1. The minimum atomic E-state index is -0.173. The van der Waals surface area contributed by atoms with Gasteiger partial charge in [-0.25, -0.2) is 9.37 Å². The molecule has 0 aliphatic heterocycles. The summed E-state index contributed by atoms with van der Waals surface area (Å²) in [7, 11) is 0. The van der Waals surface area contributed by atoms with Gasteiger partial charge in [-0.15, -0.1) is 0 Å². The van der Waals surface area contributed by atoms with Crippen LogP contribution in [0.4, 0.5) is 10.3 Å². The summed E-state index contributed by atoms with van der Waals surface area (Å²) in [5.41, 5.74) is 3.81. The van der Waals surface area contributed by atoms with E-state index >= 15 is 0 Å². The number of anilines is 1. The quantitative estimate of drug-likeness (QED) is 0.898. The average Bonchev–Trinajstić information content (AvgIpc) is 2.81. The summed E-state index contributed by atoms with van der Waals surface area (Å²) in [6, 6.07) is 5.33. The lowest BCUT2D eigenvalue weighted by atomic mass is 10.0. The molecule has 1 fully saturated rings. The van der Waals surface area contributed by atoms with Crippen LogP contribution in [-0.4, -0.2) is 15.9 Å². The van der Waals surface area contributed by atoms with Gasteiger partial charge in [-0.05, 0) is 42.4 Å². The van der Waals surface area contributed by atoms with Gasteiger partial charge in [-0.1, -0.05) is 26.0 Å². The normalized spacial score (nSPS) is 22.0. The zero-order chi connectivity index (χ0) is 16.9. The Bertz CT molecular complexity index is 779. The molecule has 1 heterocycles. The predicted octanol–water partition coefficient (Wildman–Crippen LogP) is 4.03. The first-order chi connectivity index (χ1) is 10.7. The minimum absolute atomic E-state index is 0.0533. The number of hydrogen-bond donors (Lipinski definition) is 2. The molecule has 1 amide bonds. The number of amides is 1. The Hall–Kier alpha value is -2.17. The molecule has 1 saturated carbocycles. The molecule has 23 heavy (non-hydrogen) atoms. The van der Waals surface area contributed by atoms with E-state index in [1.165, 1.54) is 13.0 Å². The number of aryl methyl sites for hydroxylation is 2. The zero-order valence-corrected chi connectivity index (χ0v) is 14.1. The SMILES string of the molecule is CC(=O)Nc1nc([C@@H]2[C@@H](c3ccc(F)c(C)c3)C2(C)C)c(C)[nH]1. The van der Waals surface area contributed by atoms with Crippen LogP contribution in [0.1, 0.15) is 55.1 Å². The molecule has 2 atom stereocenters. The molecule has 3 rings (SSSR count). The van der Waals surface area contributed by atoms with Crippen LogP contribution in [0.25, 0.3) is 0 Å². The third-order valence-electron chi connectivity index (χ3n) is 4.88. The van der Waals surface area contributed by atoms with E-state index in [1.807, 2.05) is 19.1 Å². The number of aromatic amines is 1. The Kier molecular flexibility index (Phi) is 3.54. The largest absolute Gasteiger partial charge is 0.328 e. The van der Waals surface area contributed by atoms with Crippen LogP contribution in [0, 0.1) is 25.1 Å². The number of hydrogen-bond acceptors (Lipinski definition) is 2.